The minimum Gasteiger partial charge on any atom is -0.462 e. The van der Waals surface area contributed by atoms with E-state index < -0.39 is 11.5 Å². The van der Waals surface area contributed by atoms with E-state index in [0.717, 1.165) is 19.3 Å². The van der Waals surface area contributed by atoms with Crippen molar-refractivity contribution in [2.45, 2.75) is 65.3 Å². The maximum absolute atomic E-state index is 13.2. The molecule has 1 aliphatic carbocycles. The molecule has 2 rings (SSSR count). The van der Waals surface area contributed by atoms with E-state index in [1.165, 1.54) is 6.07 Å². The van der Waals surface area contributed by atoms with Crippen molar-refractivity contribution in [2.24, 2.45) is 0 Å². The minimum absolute atomic E-state index is 0.0228. The summed E-state index contributed by atoms with van der Waals surface area (Å²) in [5.74, 6) is -0.869. The number of rotatable bonds is 7. The largest absolute Gasteiger partial charge is 0.462 e. The lowest BCUT2D eigenvalue weighted by Gasteiger charge is -2.39. The Balaban J connectivity index is 2.25. The molecule has 0 unspecified atom stereocenters. The van der Waals surface area contributed by atoms with Crippen molar-refractivity contribution in [1.29, 1.82) is 0 Å². The molecule has 7 nitrogen and oxygen atoms in total. The van der Waals surface area contributed by atoms with Crippen molar-refractivity contribution in [3.05, 3.63) is 29.1 Å². The predicted octanol–water partition coefficient (Wildman–Crippen LogP) is 2.87. The standard InChI is InChI=1S/C21H31N3O4/c1-5-24(6-2)20(27)21(13-9-8-10-14-21)23-18(25)17-12-11-16(15(4)22-17)19(26)28-7-3/h11-12H,5-10,13-14H2,1-4H3,(H,23,25). The Morgan fingerprint density at radius 3 is 2.29 bits per heavy atom. The van der Waals surface area contributed by atoms with Crippen molar-refractivity contribution in [2.75, 3.05) is 19.7 Å². The van der Waals surface area contributed by atoms with E-state index in [1.54, 1.807) is 24.8 Å². The van der Waals surface area contributed by atoms with Gasteiger partial charge in [0.15, 0.2) is 0 Å². The highest BCUT2D eigenvalue weighted by Crippen LogP contribution is 2.30. The van der Waals surface area contributed by atoms with Crippen LogP contribution in [0.3, 0.4) is 0 Å². The zero-order valence-electron chi connectivity index (χ0n) is 17.3. The fraction of sp³-hybridized carbons (Fsp3) is 0.619. The van der Waals surface area contributed by atoms with Gasteiger partial charge < -0.3 is 15.0 Å². The third-order valence-corrected chi connectivity index (χ3v) is 5.33. The van der Waals surface area contributed by atoms with Gasteiger partial charge in [0.05, 0.1) is 17.9 Å². The lowest BCUT2D eigenvalue weighted by molar-refractivity contribution is -0.139. The number of carbonyl (C=O) groups is 3. The van der Waals surface area contributed by atoms with Crippen LogP contribution in [0.2, 0.25) is 0 Å². The van der Waals surface area contributed by atoms with Gasteiger partial charge in [-0.3, -0.25) is 9.59 Å². The average Bonchev–Trinajstić information content (AvgIpc) is 2.69. The number of carbonyl (C=O) groups excluding carboxylic acids is 3. The summed E-state index contributed by atoms with van der Waals surface area (Å²) in [6, 6.07) is 3.06. The Hall–Kier alpha value is -2.44. The first kappa shape index (κ1) is 21.9. The van der Waals surface area contributed by atoms with Crippen LogP contribution in [-0.2, 0) is 9.53 Å². The number of esters is 1. The van der Waals surface area contributed by atoms with Crippen LogP contribution in [0.5, 0.6) is 0 Å². The maximum atomic E-state index is 13.2. The second kappa shape index (κ2) is 9.66. The Kier molecular flexibility index (Phi) is 7.54. The van der Waals surface area contributed by atoms with E-state index >= 15 is 0 Å². The van der Waals surface area contributed by atoms with Gasteiger partial charge in [-0.15, -0.1) is 0 Å². The Morgan fingerprint density at radius 2 is 1.75 bits per heavy atom. The molecule has 1 aromatic heterocycles. The van der Waals surface area contributed by atoms with Crippen molar-refractivity contribution in [3.63, 3.8) is 0 Å². The molecule has 2 amide bonds. The molecule has 1 N–H and O–H groups in total. The van der Waals surface area contributed by atoms with Gasteiger partial charge >= 0.3 is 5.97 Å². The van der Waals surface area contributed by atoms with E-state index in [0.29, 0.717) is 37.2 Å². The van der Waals surface area contributed by atoms with Crippen molar-refractivity contribution >= 4 is 17.8 Å². The first-order chi connectivity index (χ1) is 13.4. The number of nitrogens with zero attached hydrogens (tertiary/aromatic N) is 2. The van der Waals surface area contributed by atoms with Crippen LogP contribution < -0.4 is 5.32 Å². The summed E-state index contributed by atoms with van der Waals surface area (Å²) in [7, 11) is 0. The first-order valence-corrected chi connectivity index (χ1v) is 10.1. The summed E-state index contributed by atoms with van der Waals surface area (Å²) in [6.07, 6.45) is 4.14. The van der Waals surface area contributed by atoms with E-state index in [-0.39, 0.29) is 24.1 Å². The molecule has 154 valence electrons. The number of nitrogens with one attached hydrogen (secondary N) is 1. The smallest absolute Gasteiger partial charge is 0.339 e. The number of ether oxygens (including phenoxy) is 1. The van der Waals surface area contributed by atoms with Gasteiger partial charge in [-0.05, 0) is 52.7 Å². The van der Waals surface area contributed by atoms with Crippen LogP contribution in [-0.4, -0.2) is 52.9 Å². The highest BCUT2D eigenvalue weighted by Gasteiger charge is 2.43. The number of aromatic nitrogens is 1. The topological polar surface area (TPSA) is 88.6 Å². The molecule has 28 heavy (non-hydrogen) atoms. The third kappa shape index (κ3) is 4.69. The summed E-state index contributed by atoms with van der Waals surface area (Å²) in [5, 5.41) is 2.99. The van der Waals surface area contributed by atoms with Gasteiger partial charge in [-0.2, -0.15) is 0 Å². The molecule has 0 aromatic carbocycles. The van der Waals surface area contributed by atoms with Gasteiger partial charge in [-0.1, -0.05) is 19.3 Å². The molecule has 0 radical (unpaired) electrons. The maximum Gasteiger partial charge on any atom is 0.339 e. The molecular weight excluding hydrogens is 358 g/mol. The normalized spacial score (nSPS) is 15.6. The third-order valence-electron chi connectivity index (χ3n) is 5.33. The van der Waals surface area contributed by atoms with Gasteiger partial charge in [0.1, 0.15) is 11.2 Å². The van der Waals surface area contributed by atoms with Crippen molar-refractivity contribution in [3.8, 4) is 0 Å². The average molecular weight is 389 g/mol. The van der Waals surface area contributed by atoms with E-state index in [2.05, 4.69) is 10.3 Å². The van der Waals surface area contributed by atoms with Crippen molar-refractivity contribution in [1.82, 2.24) is 15.2 Å². The Morgan fingerprint density at radius 1 is 1.11 bits per heavy atom. The zero-order chi connectivity index (χ0) is 20.7. The highest BCUT2D eigenvalue weighted by molar-refractivity contribution is 5.99. The van der Waals surface area contributed by atoms with Crippen LogP contribution in [0.4, 0.5) is 0 Å². The summed E-state index contributed by atoms with van der Waals surface area (Å²) < 4.78 is 5.00. The molecule has 1 aromatic rings. The van der Waals surface area contributed by atoms with Crippen LogP contribution >= 0.6 is 0 Å². The number of amides is 2. The molecule has 0 spiro atoms. The summed E-state index contributed by atoms with van der Waals surface area (Å²) in [4.78, 5) is 44.1. The van der Waals surface area contributed by atoms with E-state index in [9.17, 15) is 14.4 Å². The minimum atomic E-state index is -0.878. The van der Waals surface area contributed by atoms with Gasteiger partial charge in [0.2, 0.25) is 5.91 Å². The predicted molar refractivity (Wildman–Crippen MR) is 106 cm³/mol. The highest BCUT2D eigenvalue weighted by atomic mass is 16.5. The second-order valence-electron chi connectivity index (χ2n) is 7.12. The van der Waals surface area contributed by atoms with Crippen LogP contribution in [0.15, 0.2) is 12.1 Å². The number of hydrogen-bond acceptors (Lipinski definition) is 5. The molecule has 0 atom stereocenters. The lowest BCUT2D eigenvalue weighted by Crippen LogP contribution is -2.60. The van der Waals surface area contributed by atoms with Crippen molar-refractivity contribution < 1.29 is 19.1 Å². The molecule has 0 bridgehead atoms. The number of pyridine rings is 1. The van der Waals surface area contributed by atoms with Crippen LogP contribution in [0.1, 0.15) is 79.4 Å². The summed E-state index contributed by atoms with van der Waals surface area (Å²) in [5.41, 5.74) is 0.0863. The first-order valence-electron chi connectivity index (χ1n) is 10.1. The van der Waals surface area contributed by atoms with Gasteiger partial charge in [0.25, 0.3) is 5.91 Å². The molecule has 7 heteroatoms. The van der Waals surface area contributed by atoms with E-state index in [1.807, 2.05) is 13.8 Å². The molecule has 0 saturated heterocycles. The Labute approximate surface area is 166 Å². The van der Waals surface area contributed by atoms with Crippen LogP contribution in [0, 0.1) is 6.92 Å². The molecule has 1 saturated carbocycles. The van der Waals surface area contributed by atoms with Gasteiger partial charge in [-0.25, -0.2) is 9.78 Å². The Bertz CT molecular complexity index is 722. The molecule has 0 aliphatic heterocycles. The quantitative estimate of drug-likeness (QED) is 0.725. The summed E-state index contributed by atoms with van der Waals surface area (Å²) in [6.45, 7) is 8.78. The SMILES string of the molecule is CCOC(=O)c1ccc(C(=O)NC2(C(=O)N(CC)CC)CCCCC2)nc1C. The number of hydrogen-bond donors (Lipinski definition) is 1. The fourth-order valence-corrected chi connectivity index (χ4v) is 3.75. The molecular formula is C21H31N3O4. The summed E-state index contributed by atoms with van der Waals surface area (Å²) >= 11 is 0. The van der Waals surface area contributed by atoms with E-state index in [4.69, 9.17) is 4.74 Å². The monoisotopic (exact) mass is 389 g/mol. The molecule has 1 fully saturated rings. The lowest BCUT2D eigenvalue weighted by atomic mass is 9.80. The molecule has 1 aliphatic rings. The zero-order valence-corrected chi connectivity index (χ0v) is 17.3. The van der Waals surface area contributed by atoms with Gasteiger partial charge in [0, 0.05) is 13.1 Å². The fourth-order valence-electron chi connectivity index (χ4n) is 3.75. The van der Waals surface area contributed by atoms with Crippen LogP contribution in [0.25, 0.3) is 0 Å². The second-order valence-corrected chi connectivity index (χ2v) is 7.12. The molecule has 1 heterocycles. The number of likely N-dealkylation sites (N-methyl/N-ethyl adjacent to an activating group) is 1. The number of aryl methyl sites for hydroxylation is 1.